The summed E-state index contributed by atoms with van der Waals surface area (Å²) in [6, 6.07) is 6.79. The molecule has 3 rings (SSSR count). The van der Waals surface area contributed by atoms with Crippen LogP contribution >= 0.6 is 11.8 Å². The third-order valence-corrected chi connectivity index (χ3v) is 7.51. The summed E-state index contributed by atoms with van der Waals surface area (Å²) in [7, 11) is -1.98. The van der Waals surface area contributed by atoms with Crippen molar-refractivity contribution in [2.45, 2.75) is 37.0 Å². The molecule has 2 heterocycles. The van der Waals surface area contributed by atoms with Crippen LogP contribution in [0, 0.1) is 12.8 Å². The first-order valence-corrected chi connectivity index (χ1v) is 11.4. The van der Waals surface area contributed by atoms with Gasteiger partial charge in [0.2, 0.25) is 21.1 Å². The summed E-state index contributed by atoms with van der Waals surface area (Å²) in [4.78, 5) is 14.7. The van der Waals surface area contributed by atoms with Crippen LogP contribution in [0.3, 0.4) is 0 Å². The number of thioether (sulfide) groups is 1. The summed E-state index contributed by atoms with van der Waals surface area (Å²) in [5.74, 6) is -0.0305. The zero-order valence-corrected chi connectivity index (χ0v) is 17.9. The first-order valence-electron chi connectivity index (χ1n) is 8.95. The Bertz CT molecular complexity index is 942. The smallest absolute Gasteiger partial charge is 0.244 e. The van der Waals surface area contributed by atoms with Gasteiger partial charge in [0.15, 0.2) is 0 Å². The number of rotatable bonds is 6. The standard InChI is InChI=1S/C17H24N6O3S2/c1-12(2)16-22(15(24)11-27-17-18-19-20-21(17)4)9-10-23(16)28(25,26)14-7-5-13(3)6-8-14/h5-8,12,16H,9-11H2,1-4H3/t16-/m0/s1. The topological polar surface area (TPSA) is 101 Å². The fraction of sp³-hybridized carbons (Fsp3) is 0.529. The Hall–Kier alpha value is -1.98. The van der Waals surface area contributed by atoms with Crippen molar-refractivity contribution in [3.05, 3.63) is 29.8 Å². The molecule has 11 heteroatoms. The van der Waals surface area contributed by atoms with E-state index in [1.165, 1.54) is 20.7 Å². The second-order valence-corrected chi connectivity index (χ2v) is 9.88. The van der Waals surface area contributed by atoms with Gasteiger partial charge >= 0.3 is 0 Å². The number of hydrogen-bond donors (Lipinski definition) is 0. The lowest BCUT2D eigenvalue weighted by atomic mass is 10.1. The monoisotopic (exact) mass is 424 g/mol. The SMILES string of the molecule is Cc1ccc(S(=O)(=O)N2CCN(C(=O)CSc3nnnn3C)[C@@H]2C(C)C)cc1. The molecule has 1 fully saturated rings. The van der Waals surface area contributed by atoms with E-state index in [4.69, 9.17) is 0 Å². The molecule has 1 aliphatic heterocycles. The fourth-order valence-electron chi connectivity index (χ4n) is 3.25. The van der Waals surface area contributed by atoms with Gasteiger partial charge in [0.25, 0.3) is 0 Å². The van der Waals surface area contributed by atoms with Crippen LogP contribution in [0.1, 0.15) is 19.4 Å². The average molecular weight is 425 g/mol. The quantitative estimate of drug-likeness (QED) is 0.641. The molecule has 1 atom stereocenters. The average Bonchev–Trinajstić information content (AvgIpc) is 3.27. The molecular formula is C17H24N6O3S2. The van der Waals surface area contributed by atoms with Gasteiger partial charge < -0.3 is 4.90 Å². The van der Waals surface area contributed by atoms with Crippen molar-refractivity contribution in [2.24, 2.45) is 13.0 Å². The largest absolute Gasteiger partial charge is 0.324 e. The highest BCUT2D eigenvalue weighted by molar-refractivity contribution is 7.99. The van der Waals surface area contributed by atoms with Gasteiger partial charge in [-0.25, -0.2) is 13.1 Å². The van der Waals surface area contributed by atoms with E-state index in [0.717, 1.165) is 5.56 Å². The van der Waals surface area contributed by atoms with E-state index in [-0.39, 0.29) is 29.0 Å². The molecule has 1 aromatic carbocycles. The van der Waals surface area contributed by atoms with E-state index >= 15 is 0 Å². The zero-order valence-electron chi connectivity index (χ0n) is 16.3. The molecule has 1 aromatic heterocycles. The molecule has 28 heavy (non-hydrogen) atoms. The Morgan fingerprint density at radius 1 is 1.25 bits per heavy atom. The van der Waals surface area contributed by atoms with Crippen LogP contribution in [0.15, 0.2) is 34.3 Å². The minimum atomic E-state index is -3.68. The van der Waals surface area contributed by atoms with Crippen molar-refractivity contribution in [3.8, 4) is 0 Å². The Morgan fingerprint density at radius 3 is 2.50 bits per heavy atom. The minimum Gasteiger partial charge on any atom is -0.324 e. The Balaban J connectivity index is 1.78. The van der Waals surface area contributed by atoms with Crippen LogP contribution in [-0.2, 0) is 21.9 Å². The Labute approximate surface area is 169 Å². The molecule has 0 radical (unpaired) electrons. The number of aromatic nitrogens is 4. The van der Waals surface area contributed by atoms with Crippen molar-refractivity contribution in [1.29, 1.82) is 0 Å². The van der Waals surface area contributed by atoms with Gasteiger partial charge in [-0.05, 0) is 35.4 Å². The molecule has 9 nitrogen and oxygen atoms in total. The number of hydrogen-bond acceptors (Lipinski definition) is 7. The van der Waals surface area contributed by atoms with Gasteiger partial charge in [0.05, 0.1) is 10.6 Å². The van der Waals surface area contributed by atoms with Crippen LogP contribution in [0.25, 0.3) is 0 Å². The fourth-order valence-corrected chi connectivity index (χ4v) is 5.70. The number of carbonyl (C=O) groups excluding carboxylic acids is 1. The first kappa shape index (κ1) is 20.7. The second kappa shape index (κ2) is 8.18. The van der Waals surface area contributed by atoms with E-state index in [2.05, 4.69) is 15.5 Å². The molecule has 1 amide bonds. The highest BCUT2D eigenvalue weighted by atomic mass is 32.2. The van der Waals surface area contributed by atoms with Crippen molar-refractivity contribution in [1.82, 2.24) is 29.4 Å². The lowest BCUT2D eigenvalue weighted by molar-refractivity contribution is -0.130. The predicted molar refractivity (Wildman–Crippen MR) is 105 cm³/mol. The maximum atomic E-state index is 13.2. The van der Waals surface area contributed by atoms with Gasteiger partial charge in [-0.1, -0.05) is 43.3 Å². The van der Waals surface area contributed by atoms with Crippen LogP contribution in [0.5, 0.6) is 0 Å². The van der Waals surface area contributed by atoms with Crippen LogP contribution < -0.4 is 0 Å². The van der Waals surface area contributed by atoms with Crippen LogP contribution in [0.2, 0.25) is 0 Å². The molecule has 0 saturated carbocycles. The van der Waals surface area contributed by atoms with Gasteiger partial charge in [0.1, 0.15) is 6.17 Å². The normalized spacial score (nSPS) is 18.2. The van der Waals surface area contributed by atoms with Gasteiger partial charge in [0, 0.05) is 20.1 Å². The number of aryl methyl sites for hydroxylation is 2. The lowest BCUT2D eigenvalue weighted by Crippen LogP contribution is -2.48. The second-order valence-electron chi connectivity index (χ2n) is 7.05. The molecule has 1 saturated heterocycles. The summed E-state index contributed by atoms with van der Waals surface area (Å²) in [6.07, 6.45) is -0.517. The van der Waals surface area contributed by atoms with Crippen molar-refractivity contribution < 1.29 is 13.2 Å². The first-order chi connectivity index (χ1) is 13.2. The summed E-state index contributed by atoms with van der Waals surface area (Å²) < 4.78 is 29.3. The summed E-state index contributed by atoms with van der Waals surface area (Å²) in [6.45, 7) is 6.40. The highest BCUT2D eigenvalue weighted by Crippen LogP contribution is 2.29. The molecule has 152 valence electrons. The molecule has 1 aliphatic rings. The third kappa shape index (κ3) is 4.06. The van der Waals surface area contributed by atoms with Crippen LogP contribution in [0.4, 0.5) is 0 Å². The van der Waals surface area contributed by atoms with E-state index in [1.54, 1.807) is 36.2 Å². The number of amides is 1. The van der Waals surface area contributed by atoms with E-state index in [1.807, 2.05) is 20.8 Å². The minimum absolute atomic E-state index is 0.0480. The maximum absolute atomic E-state index is 13.2. The van der Waals surface area contributed by atoms with Gasteiger partial charge in [-0.15, -0.1) is 5.10 Å². The molecular weight excluding hydrogens is 400 g/mol. The number of nitrogens with zero attached hydrogens (tertiary/aromatic N) is 6. The van der Waals surface area contributed by atoms with Crippen LogP contribution in [-0.4, -0.2) is 68.7 Å². The summed E-state index contributed by atoms with van der Waals surface area (Å²) >= 11 is 1.24. The number of benzene rings is 1. The van der Waals surface area contributed by atoms with E-state index in [9.17, 15) is 13.2 Å². The molecule has 0 unspecified atom stereocenters. The van der Waals surface area contributed by atoms with Crippen molar-refractivity contribution >= 4 is 27.7 Å². The summed E-state index contributed by atoms with van der Waals surface area (Å²) in [5.41, 5.74) is 0.993. The number of carbonyl (C=O) groups is 1. The number of tetrazole rings is 1. The molecule has 0 spiro atoms. The van der Waals surface area contributed by atoms with E-state index < -0.39 is 16.2 Å². The Kier molecular flexibility index (Phi) is 6.06. The van der Waals surface area contributed by atoms with Gasteiger partial charge in [-0.3, -0.25) is 4.79 Å². The number of sulfonamides is 1. The third-order valence-electron chi connectivity index (χ3n) is 4.63. The predicted octanol–water partition coefficient (Wildman–Crippen LogP) is 1.13. The van der Waals surface area contributed by atoms with Gasteiger partial charge in [-0.2, -0.15) is 4.31 Å². The van der Waals surface area contributed by atoms with Crippen molar-refractivity contribution in [2.75, 3.05) is 18.8 Å². The van der Waals surface area contributed by atoms with E-state index in [0.29, 0.717) is 11.7 Å². The molecule has 2 aromatic rings. The van der Waals surface area contributed by atoms with Crippen molar-refractivity contribution in [3.63, 3.8) is 0 Å². The Morgan fingerprint density at radius 2 is 1.93 bits per heavy atom. The molecule has 0 bridgehead atoms. The molecule has 0 N–H and O–H groups in total. The lowest BCUT2D eigenvalue weighted by Gasteiger charge is -2.32. The zero-order chi connectivity index (χ0) is 20.5. The highest BCUT2D eigenvalue weighted by Gasteiger charge is 2.43. The molecule has 0 aliphatic carbocycles. The summed E-state index contributed by atoms with van der Waals surface area (Å²) in [5, 5.41) is 11.7. The maximum Gasteiger partial charge on any atom is 0.244 e.